The Morgan fingerprint density at radius 1 is 0.341 bits per heavy atom. The van der Waals surface area contributed by atoms with Gasteiger partial charge in [0.1, 0.15) is 5.69 Å². The topological polar surface area (TPSA) is 497 Å². The molecule has 135 heavy (non-hydrogen) atoms. The van der Waals surface area contributed by atoms with E-state index in [2.05, 4.69) is 90.6 Å². The fourth-order valence-corrected chi connectivity index (χ4v) is 22.7. The number of carbonyl (C=O) groups excluding carboxylic acids is 5. The average Bonchev–Trinajstić information content (AvgIpc) is 0.765. The van der Waals surface area contributed by atoms with Crippen molar-refractivity contribution in [1.82, 2.24) is 24.9 Å². The molecule has 0 aromatic carbocycles. The predicted molar refractivity (Wildman–Crippen MR) is 535 cm³/mol. The number of nitrogen functional groups attached to an aromatic ring is 1. The van der Waals surface area contributed by atoms with E-state index in [9.17, 15) is 79.3 Å². The molecule has 0 amide bonds. The molecule has 0 saturated heterocycles. The van der Waals surface area contributed by atoms with Crippen molar-refractivity contribution in [2.75, 3.05) is 72.4 Å². The van der Waals surface area contributed by atoms with Crippen molar-refractivity contribution in [2.45, 2.75) is 335 Å². The number of unbranched alkanes of at least 4 members (excludes halogenated alkanes) is 36. The standard InChI is InChI=1S/C25H44N2O6S2.2C17H27NO4S.C16H25NO4S.C9H19ClO2S.C7H8N2O2.C2H4O4.2K/c1-4-6-8-10-12-14-16-20-34(29,30)27(24-22-26-19-18-23(24)25(28)33-3)35(31,32)21-17-15-13-11-9-7-5-2;2*1-3-4-5-6-7-8-9-12-23(20,21)14-15-13-18-11-10-16(15)17(19)22-2;1-2-3-4-5-6-7-8-11-22(20,21)13-14-12-17-10-9-15(14)16(18)19;1-2-3-4-5-6-7-8-9-13(10,11)12;1-11-7(10)5-2-3-9-4-6(5)8;1-2(3)5-6-4;;/h18-19,22H,4-17,20-21H2,1-3H3;2*10-11,13H,3-9,12,14H2,1-2H3;9-10,12H,2-8,11,13H2,1H3,(H,18,19);2-9H2,1H3;2-4H,8H2,1H3;4H,1H3;;. The van der Waals surface area contributed by atoms with Crippen molar-refractivity contribution in [3.8, 4) is 0 Å². The number of carboxylic acids is 1. The van der Waals surface area contributed by atoms with Crippen LogP contribution in [0, 0.1) is 0 Å². The third-order valence-corrected chi connectivity index (χ3v) is 31.0. The van der Waals surface area contributed by atoms with Crippen LogP contribution in [0.2, 0.25) is 0 Å². The van der Waals surface area contributed by atoms with E-state index in [1.807, 2.05) is 0 Å². The van der Waals surface area contributed by atoms with Crippen LogP contribution < -0.4 is 9.44 Å². The van der Waals surface area contributed by atoms with Crippen LogP contribution in [0.4, 0.5) is 11.4 Å². The summed E-state index contributed by atoms with van der Waals surface area (Å²) in [7, 11) is -11.4. The first kappa shape index (κ1) is 134. The second kappa shape index (κ2) is 83.9. The van der Waals surface area contributed by atoms with Crippen LogP contribution in [0.25, 0.3) is 0 Å². The first-order valence-electron chi connectivity index (χ1n) is 47.5. The Balaban J connectivity index is -0.00000157. The average molecular weight is 2090 g/mol. The molecule has 0 fully saturated rings. The first-order chi connectivity index (χ1) is 64.2. The summed E-state index contributed by atoms with van der Waals surface area (Å²) in [6.07, 6.45) is 56.8. The molecular weight excluding hydrogens is 1940 g/mol. The number of sulfone groups is 3. The normalized spacial score (nSPS) is 11.1. The molecule has 5 rings (SSSR count). The van der Waals surface area contributed by atoms with Gasteiger partial charge in [-0.05, 0) is 90.6 Å². The van der Waals surface area contributed by atoms with Crippen LogP contribution in [0.5, 0.6) is 0 Å². The molecule has 42 heteroatoms. The Labute approximate surface area is 857 Å². The second-order valence-electron chi connectivity index (χ2n) is 32.0. The van der Waals surface area contributed by atoms with Crippen molar-refractivity contribution >= 4 is 180 Å². The second-order valence-corrected chi connectivity index (χ2v) is 45.5. The Morgan fingerprint density at radius 2 is 0.570 bits per heavy atom. The minimum atomic E-state index is -4.25. The van der Waals surface area contributed by atoms with E-state index in [-0.39, 0.29) is 85.3 Å². The monoisotopic (exact) mass is 2090 g/mol. The molecule has 33 nitrogen and oxygen atoms in total. The maximum atomic E-state index is 13.4. The summed E-state index contributed by atoms with van der Waals surface area (Å²) in [5, 5.41) is 19.3. The van der Waals surface area contributed by atoms with Gasteiger partial charge in [-0.25, -0.2) is 84.5 Å². The quantitative estimate of drug-likeness (QED) is 0.00619. The molecule has 5 heterocycles. The number of nitrogens with two attached hydrogens (primary N) is 1. The van der Waals surface area contributed by atoms with E-state index in [0.29, 0.717) is 77.5 Å². The molecule has 0 bridgehead atoms. The van der Waals surface area contributed by atoms with Gasteiger partial charge in [-0.1, -0.05) is 273 Å². The molecular formula is C93H154ClK2N7O26S6. The SMILES string of the molecule is CC(=O)OOO.CCCCCCCCCS(=O)(=O)Cc1cnccc1C(=O)O.CCCCCCCCCS(=O)(=O)Cc1cnccc1C(=O)OC.CCCCCCCCCS(=O)(=O)Cc1cnccc1C(=O)OC.CCCCCCCCCS(=O)(=O)Cl.CCCCCCCCCS(=O)(=O)N(c1cnccc1C(=O)OC)S(=O)(=O)CCCCCCCCC.COC(=O)c1ccncc1N.[K][K]. The van der Waals surface area contributed by atoms with Gasteiger partial charge in [-0.2, -0.15) is 3.71 Å². The number of pyridine rings is 5. The summed E-state index contributed by atoms with van der Waals surface area (Å²) in [5.74, 6) is -4.80. The number of esters is 4. The number of methoxy groups -OCH3 is 4. The number of carboxylic acid groups (broad SMARTS) is 1. The number of halogens is 1. The number of sulfonamides is 2. The minimum absolute atomic E-state index is 0.0122. The van der Waals surface area contributed by atoms with E-state index < -0.39 is 94.4 Å². The van der Waals surface area contributed by atoms with Gasteiger partial charge >= 0.3 is 99.0 Å². The molecule has 0 unspecified atom stereocenters. The fraction of sp³-hybridized carbons (Fsp3) is 0.667. The molecule has 0 aliphatic carbocycles. The molecule has 4 N–H and O–H groups in total. The number of hydrogen-bond acceptors (Lipinski definition) is 31. The number of nitrogens with zero attached hydrogens (tertiary/aromatic N) is 6. The number of carbonyl (C=O) groups is 6. The molecule has 762 valence electrons. The maximum absolute atomic E-state index is 13.4. The van der Waals surface area contributed by atoms with Crippen molar-refractivity contribution in [1.29, 1.82) is 0 Å². The Hall–Kier alpha value is -4.65. The van der Waals surface area contributed by atoms with Gasteiger partial charge in [0.15, 0.2) is 29.5 Å². The van der Waals surface area contributed by atoms with Gasteiger partial charge in [0.2, 0.25) is 29.1 Å². The molecule has 0 saturated carbocycles. The third kappa shape index (κ3) is 70.6. The number of hydrogen-bond donors (Lipinski definition) is 3. The Morgan fingerprint density at radius 3 is 0.830 bits per heavy atom. The third-order valence-electron chi connectivity index (χ3n) is 20.4. The van der Waals surface area contributed by atoms with Gasteiger partial charge in [-0.15, -0.1) is 0 Å². The Kier molecular flexibility index (Phi) is 83.6. The van der Waals surface area contributed by atoms with Crippen LogP contribution in [-0.4, -0.2) is 248 Å². The van der Waals surface area contributed by atoms with Gasteiger partial charge in [-0.3, -0.25) is 29.8 Å². The summed E-state index contributed by atoms with van der Waals surface area (Å²) in [6, 6.07) is 7.11. The van der Waals surface area contributed by atoms with E-state index in [4.69, 9.17) is 31.5 Å². The summed E-state index contributed by atoms with van der Waals surface area (Å²) in [5.41, 5.74) is 7.32. The molecule has 0 aliphatic rings. The summed E-state index contributed by atoms with van der Waals surface area (Å²) in [6.45, 7) is 14.1. The van der Waals surface area contributed by atoms with E-state index in [1.165, 1.54) is 267 Å². The number of aromatic nitrogens is 5. The molecule has 0 atom stereocenters. The van der Waals surface area contributed by atoms with E-state index in [1.54, 1.807) is 0 Å². The van der Waals surface area contributed by atoms with Crippen LogP contribution in [0.1, 0.15) is 387 Å². The first-order valence-corrected chi connectivity index (χ1v) is 74.7. The zero-order valence-electron chi connectivity index (χ0n) is 82.5. The summed E-state index contributed by atoms with van der Waals surface area (Å²) in [4.78, 5) is 89.9. The van der Waals surface area contributed by atoms with Crippen molar-refractivity contribution < 1.29 is 119 Å². The van der Waals surface area contributed by atoms with Gasteiger partial charge in [0.25, 0.3) is 0 Å². The zero-order valence-corrected chi connectivity index (χ0v) is 94.4. The molecule has 5 aromatic rings. The van der Waals surface area contributed by atoms with E-state index >= 15 is 0 Å². The van der Waals surface area contributed by atoms with Crippen molar-refractivity contribution in [3.63, 3.8) is 0 Å². The van der Waals surface area contributed by atoms with Crippen LogP contribution in [-0.2, 0) is 110 Å². The van der Waals surface area contributed by atoms with Gasteiger partial charge in [0, 0.05) is 67.2 Å². The number of anilines is 2. The summed E-state index contributed by atoms with van der Waals surface area (Å²) >= 11 is 2.50. The predicted octanol–water partition coefficient (Wildman–Crippen LogP) is 19.3. The van der Waals surface area contributed by atoms with E-state index in [0.717, 1.165) is 142 Å². The molecule has 0 aliphatic heterocycles. The molecule has 0 spiro atoms. The van der Waals surface area contributed by atoms with Gasteiger partial charge in [0.05, 0.1) is 126 Å². The fourth-order valence-electron chi connectivity index (χ4n) is 13.1. The number of ether oxygens (including phenoxy) is 4. The van der Waals surface area contributed by atoms with Crippen LogP contribution >= 0.6 is 10.7 Å². The number of rotatable bonds is 63. The van der Waals surface area contributed by atoms with Gasteiger partial charge < -0.3 is 29.8 Å². The van der Waals surface area contributed by atoms with Crippen molar-refractivity contribution in [3.05, 3.63) is 137 Å². The van der Waals surface area contributed by atoms with Crippen molar-refractivity contribution in [2.24, 2.45) is 0 Å². The van der Waals surface area contributed by atoms with Crippen LogP contribution in [0.3, 0.4) is 0 Å². The molecule has 5 aromatic heterocycles. The Bertz CT molecular complexity index is 4610. The van der Waals surface area contributed by atoms with Crippen LogP contribution in [0.15, 0.2) is 92.3 Å². The number of aromatic carboxylic acids is 1. The molecule has 0 radical (unpaired) electrons. The summed E-state index contributed by atoms with van der Waals surface area (Å²) < 4.78 is 167. The zero-order chi connectivity index (χ0) is 102.